The van der Waals surface area contributed by atoms with E-state index in [1.54, 1.807) is 20.8 Å². The fourth-order valence-corrected chi connectivity index (χ4v) is 7.53. The molecule has 2 fully saturated rings. The molecular weight excluding hydrogens is 536 g/mol. The Morgan fingerprint density at radius 1 is 0.846 bits per heavy atom. The molecule has 206 valence electrons. The van der Waals surface area contributed by atoms with Gasteiger partial charge < -0.3 is 14.0 Å². The highest BCUT2D eigenvalue weighted by Gasteiger charge is 2.76. The van der Waals surface area contributed by atoms with Crippen molar-refractivity contribution in [2.24, 2.45) is 10.8 Å². The average molecular weight is 569 g/mol. The van der Waals surface area contributed by atoms with E-state index in [1.807, 2.05) is 0 Å². The Balaban J connectivity index is 0.000000181. The van der Waals surface area contributed by atoms with Gasteiger partial charge in [-0.25, -0.2) is 13.2 Å². The molecule has 1 saturated carbocycles. The largest absolute Gasteiger partial charge is 0.748 e. The lowest BCUT2D eigenvalue weighted by Gasteiger charge is -2.34. The van der Waals surface area contributed by atoms with Gasteiger partial charge in [0.1, 0.15) is 6.61 Å². The zero-order valence-electron chi connectivity index (χ0n) is 22.2. The lowest BCUT2D eigenvalue weighted by atomic mass is 9.66. The van der Waals surface area contributed by atoms with Crippen LogP contribution in [0.5, 0.6) is 0 Å². The molecule has 0 spiro atoms. The minimum Gasteiger partial charge on any atom is -0.748 e. The van der Waals surface area contributed by atoms with Crippen molar-refractivity contribution in [3.05, 3.63) is 91.0 Å². The van der Waals surface area contributed by atoms with E-state index in [4.69, 9.17) is 9.47 Å². The fourth-order valence-electron chi connectivity index (χ4n) is 5.13. The van der Waals surface area contributed by atoms with Crippen molar-refractivity contribution in [1.82, 2.24) is 0 Å². The number of fused-ring (bicyclic) bond motifs is 2. The van der Waals surface area contributed by atoms with Crippen LogP contribution in [0.4, 0.5) is 0 Å². The minimum absolute atomic E-state index is 0.0146. The van der Waals surface area contributed by atoms with Crippen molar-refractivity contribution in [3.63, 3.8) is 0 Å². The van der Waals surface area contributed by atoms with Crippen LogP contribution < -0.4 is 0 Å². The van der Waals surface area contributed by atoms with E-state index in [2.05, 4.69) is 91.0 Å². The molecular formula is C30H32O7S2. The molecule has 7 nitrogen and oxygen atoms in total. The van der Waals surface area contributed by atoms with Crippen molar-refractivity contribution in [2.45, 2.75) is 53.9 Å². The normalized spacial score (nSPS) is 23.1. The van der Waals surface area contributed by atoms with E-state index in [0.29, 0.717) is 12.8 Å². The van der Waals surface area contributed by atoms with Gasteiger partial charge >= 0.3 is 11.9 Å². The van der Waals surface area contributed by atoms with Gasteiger partial charge in [-0.2, -0.15) is 0 Å². The monoisotopic (exact) mass is 568 g/mol. The van der Waals surface area contributed by atoms with Gasteiger partial charge in [0.05, 0.1) is 32.2 Å². The second kappa shape index (κ2) is 11.2. The molecule has 1 aliphatic heterocycles. The lowest BCUT2D eigenvalue weighted by molar-refractivity contribution is -0.182. The van der Waals surface area contributed by atoms with Crippen molar-refractivity contribution in [3.8, 4) is 0 Å². The SMILES string of the molecule is CC12CCC(C(=O)OCCS(=O)(=O)[O-])(OC1=O)C2(C)C.c1ccc([S+](c2ccccc2)c2ccccc2)cc1. The smallest absolute Gasteiger partial charge is 0.351 e. The van der Waals surface area contributed by atoms with Gasteiger partial charge in [0, 0.05) is 5.41 Å². The first kappa shape index (κ1) is 28.9. The van der Waals surface area contributed by atoms with Crippen LogP contribution in [0, 0.1) is 10.8 Å². The summed E-state index contributed by atoms with van der Waals surface area (Å²) in [5, 5.41) is 0. The Morgan fingerprint density at radius 2 is 1.28 bits per heavy atom. The van der Waals surface area contributed by atoms with Crippen molar-refractivity contribution >= 4 is 33.0 Å². The Hall–Kier alpha value is -3.14. The summed E-state index contributed by atoms with van der Waals surface area (Å²) in [6.45, 7) is 4.74. The topological polar surface area (TPSA) is 110 Å². The number of carbonyl (C=O) groups excluding carboxylic acids is 2. The van der Waals surface area contributed by atoms with E-state index >= 15 is 0 Å². The van der Waals surface area contributed by atoms with Crippen LogP contribution in [0.2, 0.25) is 0 Å². The van der Waals surface area contributed by atoms with Gasteiger partial charge in [-0.3, -0.25) is 4.79 Å². The predicted molar refractivity (Wildman–Crippen MR) is 147 cm³/mol. The van der Waals surface area contributed by atoms with Crippen LogP contribution >= 0.6 is 0 Å². The highest BCUT2D eigenvalue weighted by atomic mass is 32.2. The number of hydrogen-bond acceptors (Lipinski definition) is 7. The summed E-state index contributed by atoms with van der Waals surface area (Å²) in [6, 6.07) is 32.2. The van der Waals surface area contributed by atoms with E-state index in [9.17, 15) is 22.6 Å². The van der Waals surface area contributed by atoms with E-state index < -0.39 is 50.8 Å². The number of rotatable bonds is 7. The minimum atomic E-state index is -4.45. The summed E-state index contributed by atoms with van der Waals surface area (Å²) in [5.74, 6) is -2.01. The molecule has 5 rings (SSSR count). The predicted octanol–water partition coefficient (Wildman–Crippen LogP) is 4.98. The summed E-state index contributed by atoms with van der Waals surface area (Å²) in [6.07, 6.45) is 0.846. The Labute approximate surface area is 232 Å². The van der Waals surface area contributed by atoms with E-state index in [-0.39, 0.29) is 10.9 Å². The van der Waals surface area contributed by atoms with E-state index in [0.717, 1.165) is 0 Å². The molecule has 3 aromatic carbocycles. The van der Waals surface area contributed by atoms with Gasteiger partial charge in [0.2, 0.25) is 5.60 Å². The van der Waals surface area contributed by atoms with Crippen LogP contribution in [0.3, 0.4) is 0 Å². The first-order chi connectivity index (χ1) is 18.4. The van der Waals surface area contributed by atoms with Gasteiger partial charge in [-0.1, -0.05) is 68.4 Å². The number of carbonyl (C=O) groups is 2. The van der Waals surface area contributed by atoms with Crippen molar-refractivity contribution in [1.29, 1.82) is 0 Å². The van der Waals surface area contributed by atoms with Crippen LogP contribution in [0.25, 0.3) is 0 Å². The van der Waals surface area contributed by atoms with Gasteiger partial charge in [-0.05, 0) is 56.2 Å². The maximum Gasteiger partial charge on any atom is 0.351 e. The maximum absolute atomic E-state index is 12.2. The molecule has 2 bridgehead atoms. The molecule has 0 radical (unpaired) electrons. The lowest BCUT2D eigenvalue weighted by Crippen LogP contribution is -2.49. The molecule has 2 aliphatic rings. The molecule has 0 N–H and O–H groups in total. The third-order valence-electron chi connectivity index (χ3n) is 7.92. The summed E-state index contributed by atoms with van der Waals surface area (Å²) >= 11 is 0. The molecule has 1 saturated heterocycles. The first-order valence-electron chi connectivity index (χ1n) is 12.6. The van der Waals surface area contributed by atoms with Crippen molar-refractivity contribution in [2.75, 3.05) is 12.4 Å². The Bertz CT molecular complexity index is 1320. The van der Waals surface area contributed by atoms with Crippen LogP contribution in [0.15, 0.2) is 106 Å². The number of esters is 2. The average Bonchev–Trinajstić information content (AvgIpc) is 3.21. The Morgan fingerprint density at radius 3 is 1.62 bits per heavy atom. The zero-order valence-corrected chi connectivity index (χ0v) is 23.8. The number of benzene rings is 3. The molecule has 0 amide bonds. The summed E-state index contributed by atoms with van der Waals surface area (Å²) in [7, 11) is -4.46. The highest BCUT2D eigenvalue weighted by Crippen LogP contribution is 2.65. The Kier molecular flexibility index (Phi) is 8.25. The van der Waals surface area contributed by atoms with Crippen LogP contribution in [-0.4, -0.2) is 42.9 Å². The maximum atomic E-state index is 12.2. The summed E-state index contributed by atoms with van der Waals surface area (Å²) in [5.41, 5.74) is -2.88. The van der Waals surface area contributed by atoms with Crippen LogP contribution in [0.1, 0.15) is 33.6 Å². The second-order valence-electron chi connectivity index (χ2n) is 10.3. The quantitative estimate of drug-likeness (QED) is 0.225. The zero-order chi connectivity index (χ0) is 28.3. The molecule has 0 aromatic heterocycles. The fraction of sp³-hybridized carbons (Fsp3) is 0.333. The molecule has 2 unspecified atom stereocenters. The first-order valence-corrected chi connectivity index (χ1v) is 15.5. The second-order valence-corrected chi connectivity index (χ2v) is 13.9. The standard InChI is InChI=1S/C18H15S.C12H18O7S/c1-4-10-16(11-5-1)19(17-12-6-2-7-13-17)18-14-8-3-9-15-18;1-10(2)11(3)4-5-12(10,19-8(11)13)9(14)18-6-7-20(15,16)17/h1-15H;4-7H2,1-3H3,(H,15,16,17)/q+1;/p-1. The third kappa shape index (κ3) is 5.62. The van der Waals surface area contributed by atoms with E-state index in [1.165, 1.54) is 14.7 Å². The molecule has 9 heteroatoms. The third-order valence-corrected chi connectivity index (χ3v) is 10.8. The summed E-state index contributed by atoms with van der Waals surface area (Å²) in [4.78, 5) is 28.2. The van der Waals surface area contributed by atoms with Crippen molar-refractivity contribution < 1.29 is 32.0 Å². The molecule has 2 atom stereocenters. The van der Waals surface area contributed by atoms with Gasteiger partial charge in [0.25, 0.3) is 0 Å². The molecule has 39 heavy (non-hydrogen) atoms. The van der Waals surface area contributed by atoms with Gasteiger partial charge in [-0.15, -0.1) is 0 Å². The van der Waals surface area contributed by atoms with Crippen LogP contribution in [-0.2, 0) is 40.1 Å². The molecule has 3 aromatic rings. The summed E-state index contributed by atoms with van der Waals surface area (Å²) < 4.78 is 41.6. The number of hydrogen-bond donors (Lipinski definition) is 0. The van der Waals surface area contributed by atoms with Gasteiger partial charge in [0.15, 0.2) is 14.7 Å². The molecule has 1 aliphatic carbocycles. The highest BCUT2D eigenvalue weighted by molar-refractivity contribution is 7.97. The number of ether oxygens (including phenoxy) is 2. The molecule has 1 heterocycles.